The van der Waals surface area contributed by atoms with Crippen LogP contribution >= 0.6 is 0 Å². The molecule has 29 heavy (non-hydrogen) atoms. The number of hydrogen-bond donors (Lipinski definition) is 2. The second-order valence-electron chi connectivity index (χ2n) is 6.49. The number of aliphatic hydroxyl groups is 1. The molecule has 1 unspecified atom stereocenters. The minimum absolute atomic E-state index is 0.0337. The SMILES string of the molecule is COc1cccc(OC)c1OCC(O)CNC(=O)c1cc(C)nc2ccccc12. The number of rotatable bonds is 8. The summed E-state index contributed by atoms with van der Waals surface area (Å²) in [6, 6.07) is 14.4. The largest absolute Gasteiger partial charge is 0.493 e. The highest BCUT2D eigenvalue weighted by molar-refractivity contribution is 6.06. The number of nitrogens with zero attached hydrogens (tertiary/aromatic N) is 1. The van der Waals surface area contributed by atoms with E-state index in [4.69, 9.17) is 14.2 Å². The molecule has 0 bridgehead atoms. The van der Waals surface area contributed by atoms with Crippen LogP contribution < -0.4 is 19.5 Å². The lowest BCUT2D eigenvalue weighted by Gasteiger charge is -2.17. The molecule has 7 heteroatoms. The van der Waals surface area contributed by atoms with E-state index in [0.717, 1.165) is 16.6 Å². The minimum Gasteiger partial charge on any atom is -0.493 e. The number of aromatic nitrogens is 1. The molecule has 0 aliphatic rings. The van der Waals surface area contributed by atoms with Crippen LogP contribution in [0.2, 0.25) is 0 Å². The smallest absolute Gasteiger partial charge is 0.252 e. The topological polar surface area (TPSA) is 89.9 Å². The maximum absolute atomic E-state index is 12.7. The third kappa shape index (κ3) is 4.75. The van der Waals surface area contributed by atoms with Gasteiger partial charge in [0.05, 0.1) is 25.3 Å². The molecule has 2 aromatic carbocycles. The van der Waals surface area contributed by atoms with Crippen molar-refractivity contribution in [3.8, 4) is 17.2 Å². The van der Waals surface area contributed by atoms with Gasteiger partial charge in [0.2, 0.25) is 5.75 Å². The van der Waals surface area contributed by atoms with Crippen LogP contribution in [0.5, 0.6) is 17.2 Å². The highest BCUT2D eigenvalue weighted by Crippen LogP contribution is 2.36. The first-order chi connectivity index (χ1) is 14.0. The Hall–Kier alpha value is -3.32. The molecule has 0 aliphatic heterocycles. The molecule has 0 radical (unpaired) electrons. The Balaban J connectivity index is 1.63. The van der Waals surface area contributed by atoms with Gasteiger partial charge in [-0.3, -0.25) is 9.78 Å². The number of aliphatic hydroxyl groups excluding tert-OH is 1. The van der Waals surface area contributed by atoms with E-state index < -0.39 is 6.10 Å². The van der Waals surface area contributed by atoms with Gasteiger partial charge in [0, 0.05) is 17.6 Å². The van der Waals surface area contributed by atoms with Crippen LogP contribution in [0, 0.1) is 6.92 Å². The summed E-state index contributed by atoms with van der Waals surface area (Å²) in [6.45, 7) is 1.84. The van der Waals surface area contributed by atoms with E-state index in [0.29, 0.717) is 22.8 Å². The number of para-hydroxylation sites is 2. The number of carbonyl (C=O) groups excluding carboxylic acids is 1. The number of methoxy groups -OCH3 is 2. The summed E-state index contributed by atoms with van der Waals surface area (Å²) in [7, 11) is 3.05. The molecule has 1 atom stereocenters. The van der Waals surface area contributed by atoms with Crippen molar-refractivity contribution in [2.45, 2.75) is 13.0 Å². The van der Waals surface area contributed by atoms with Crippen LogP contribution in [0.4, 0.5) is 0 Å². The quantitative estimate of drug-likeness (QED) is 0.609. The first-order valence-electron chi connectivity index (χ1n) is 9.20. The first-order valence-corrected chi connectivity index (χ1v) is 9.20. The van der Waals surface area contributed by atoms with Crippen molar-refractivity contribution in [3.63, 3.8) is 0 Å². The number of benzene rings is 2. The van der Waals surface area contributed by atoms with Crippen LogP contribution in [-0.4, -0.2) is 49.5 Å². The van der Waals surface area contributed by atoms with E-state index >= 15 is 0 Å². The Morgan fingerprint density at radius 3 is 2.48 bits per heavy atom. The van der Waals surface area contributed by atoms with Gasteiger partial charge < -0.3 is 24.6 Å². The van der Waals surface area contributed by atoms with Crippen molar-refractivity contribution >= 4 is 16.8 Å². The van der Waals surface area contributed by atoms with Crippen LogP contribution in [0.3, 0.4) is 0 Å². The Bertz CT molecular complexity index is 983. The molecule has 2 N–H and O–H groups in total. The number of amides is 1. The fourth-order valence-corrected chi connectivity index (χ4v) is 3.00. The van der Waals surface area contributed by atoms with Crippen LogP contribution in [0.25, 0.3) is 10.9 Å². The molecule has 1 amide bonds. The third-order valence-electron chi connectivity index (χ3n) is 4.39. The lowest BCUT2D eigenvalue weighted by molar-refractivity contribution is 0.0835. The molecular weight excluding hydrogens is 372 g/mol. The summed E-state index contributed by atoms with van der Waals surface area (Å²) in [5, 5.41) is 13.8. The fourth-order valence-electron chi connectivity index (χ4n) is 3.00. The lowest BCUT2D eigenvalue weighted by atomic mass is 10.1. The zero-order valence-electron chi connectivity index (χ0n) is 16.6. The third-order valence-corrected chi connectivity index (χ3v) is 4.39. The predicted octanol–water partition coefficient (Wildman–Crippen LogP) is 2.73. The zero-order chi connectivity index (χ0) is 20.8. The molecule has 1 heterocycles. The van der Waals surface area contributed by atoms with Crippen LogP contribution in [-0.2, 0) is 0 Å². The van der Waals surface area contributed by atoms with Crippen molar-refractivity contribution in [2.75, 3.05) is 27.4 Å². The number of aryl methyl sites for hydroxylation is 1. The second kappa shape index (κ2) is 9.25. The maximum Gasteiger partial charge on any atom is 0.252 e. The molecule has 0 aliphatic carbocycles. The number of pyridine rings is 1. The standard InChI is InChI=1S/C22H24N2O5/c1-14-11-17(16-7-4-5-8-18(16)24-14)22(26)23-12-15(25)13-29-21-19(27-2)9-6-10-20(21)28-3/h4-11,15,25H,12-13H2,1-3H3,(H,23,26). The molecule has 0 fully saturated rings. The highest BCUT2D eigenvalue weighted by atomic mass is 16.5. The average Bonchev–Trinajstić information content (AvgIpc) is 2.74. The van der Waals surface area contributed by atoms with Gasteiger partial charge in [-0.05, 0) is 31.2 Å². The Morgan fingerprint density at radius 2 is 1.79 bits per heavy atom. The molecule has 0 saturated carbocycles. The van der Waals surface area contributed by atoms with E-state index in [-0.39, 0.29) is 19.1 Å². The number of hydrogen-bond acceptors (Lipinski definition) is 6. The van der Waals surface area contributed by atoms with Crippen molar-refractivity contribution < 1.29 is 24.1 Å². The molecule has 7 nitrogen and oxygen atoms in total. The summed E-state index contributed by atoms with van der Waals surface area (Å²) >= 11 is 0. The molecule has 1 aromatic heterocycles. The Kier molecular flexibility index (Phi) is 6.51. The van der Waals surface area contributed by atoms with Crippen molar-refractivity contribution in [3.05, 3.63) is 59.8 Å². The van der Waals surface area contributed by atoms with Gasteiger partial charge in [-0.15, -0.1) is 0 Å². The fraction of sp³-hybridized carbons (Fsp3) is 0.273. The van der Waals surface area contributed by atoms with Gasteiger partial charge in [0.1, 0.15) is 12.7 Å². The van der Waals surface area contributed by atoms with Crippen molar-refractivity contribution in [1.29, 1.82) is 0 Å². The second-order valence-corrected chi connectivity index (χ2v) is 6.49. The highest BCUT2D eigenvalue weighted by Gasteiger charge is 2.16. The van der Waals surface area contributed by atoms with E-state index in [1.54, 1.807) is 24.3 Å². The van der Waals surface area contributed by atoms with Crippen molar-refractivity contribution in [1.82, 2.24) is 10.3 Å². The Labute approximate surface area is 169 Å². The van der Waals surface area contributed by atoms with E-state index in [1.807, 2.05) is 31.2 Å². The van der Waals surface area contributed by atoms with Gasteiger partial charge in [0.15, 0.2) is 11.5 Å². The normalized spacial score (nSPS) is 11.7. The zero-order valence-corrected chi connectivity index (χ0v) is 16.6. The van der Waals surface area contributed by atoms with E-state index in [1.165, 1.54) is 14.2 Å². The summed E-state index contributed by atoms with van der Waals surface area (Å²) in [5.74, 6) is 1.12. The number of nitrogens with one attached hydrogen (secondary N) is 1. The van der Waals surface area contributed by atoms with Crippen LogP contribution in [0.15, 0.2) is 48.5 Å². The number of fused-ring (bicyclic) bond motifs is 1. The monoisotopic (exact) mass is 396 g/mol. The maximum atomic E-state index is 12.7. The molecule has 0 spiro atoms. The van der Waals surface area contributed by atoms with Gasteiger partial charge >= 0.3 is 0 Å². The predicted molar refractivity (Wildman–Crippen MR) is 110 cm³/mol. The van der Waals surface area contributed by atoms with Gasteiger partial charge in [-0.1, -0.05) is 24.3 Å². The Morgan fingerprint density at radius 1 is 1.10 bits per heavy atom. The average molecular weight is 396 g/mol. The summed E-state index contributed by atoms with van der Waals surface area (Å²) in [5.41, 5.74) is 2.03. The molecule has 0 saturated heterocycles. The lowest BCUT2D eigenvalue weighted by Crippen LogP contribution is -2.35. The van der Waals surface area contributed by atoms with Crippen molar-refractivity contribution in [2.24, 2.45) is 0 Å². The summed E-state index contributed by atoms with van der Waals surface area (Å²) in [4.78, 5) is 17.1. The molecular formula is C22H24N2O5. The number of carbonyl (C=O) groups is 1. The first kappa shape index (κ1) is 20.4. The molecule has 3 rings (SSSR count). The summed E-state index contributed by atoms with van der Waals surface area (Å²) < 4.78 is 16.2. The van der Waals surface area contributed by atoms with Gasteiger partial charge in [-0.25, -0.2) is 0 Å². The molecule has 3 aromatic rings. The van der Waals surface area contributed by atoms with E-state index in [9.17, 15) is 9.90 Å². The summed E-state index contributed by atoms with van der Waals surface area (Å²) in [6.07, 6.45) is -0.914. The number of ether oxygens (including phenoxy) is 3. The van der Waals surface area contributed by atoms with Gasteiger partial charge in [-0.2, -0.15) is 0 Å². The van der Waals surface area contributed by atoms with Crippen LogP contribution in [0.1, 0.15) is 16.1 Å². The minimum atomic E-state index is -0.914. The molecule has 152 valence electrons. The van der Waals surface area contributed by atoms with Gasteiger partial charge in [0.25, 0.3) is 5.91 Å². The van der Waals surface area contributed by atoms with E-state index in [2.05, 4.69) is 10.3 Å².